The minimum atomic E-state index is 0.708. The number of hydrogen-bond acceptors (Lipinski definition) is 4. The van der Waals surface area contributed by atoms with Crippen LogP contribution in [0.4, 0.5) is 0 Å². The van der Waals surface area contributed by atoms with Crippen molar-refractivity contribution in [3.8, 4) is 11.4 Å². The van der Waals surface area contributed by atoms with E-state index in [9.17, 15) is 0 Å². The topological polar surface area (TPSA) is 50.7 Å². The molecular formula is C16H19BrN4. The highest BCUT2D eigenvalue weighted by Gasteiger charge is 2.20. The normalized spacial score (nSPS) is 17.5. The summed E-state index contributed by atoms with van der Waals surface area (Å²) >= 11 is 3.44. The van der Waals surface area contributed by atoms with Crippen molar-refractivity contribution in [1.29, 1.82) is 0 Å². The lowest BCUT2D eigenvalue weighted by atomic mass is 9.87. The van der Waals surface area contributed by atoms with Gasteiger partial charge < -0.3 is 5.32 Å². The molecule has 1 aliphatic rings. The summed E-state index contributed by atoms with van der Waals surface area (Å²) in [5.74, 6) is 1.48. The Bertz CT molecular complexity index is 629. The number of rotatable bonds is 4. The van der Waals surface area contributed by atoms with E-state index in [-0.39, 0.29) is 0 Å². The summed E-state index contributed by atoms with van der Waals surface area (Å²) in [5, 5.41) is 3.44. The van der Waals surface area contributed by atoms with Gasteiger partial charge in [0.1, 0.15) is 0 Å². The maximum atomic E-state index is 4.75. The third-order valence-electron chi connectivity index (χ3n) is 3.90. The molecule has 1 atom stereocenters. The van der Waals surface area contributed by atoms with Crippen molar-refractivity contribution in [2.45, 2.75) is 26.2 Å². The van der Waals surface area contributed by atoms with Gasteiger partial charge >= 0.3 is 0 Å². The fourth-order valence-corrected chi connectivity index (χ4v) is 3.14. The molecule has 3 rings (SSSR count). The van der Waals surface area contributed by atoms with Crippen molar-refractivity contribution in [1.82, 2.24) is 20.3 Å². The number of fused-ring (bicyclic) bond motifs is 1. The lowest BCUT2D eigenvalue weighted by Gasteiger charge is -2.24. The summed E-state index contributed by atoms with van der Waals surface area (Å²) in [5.41, 5.74) is 3.46. The predicted octanol–water partition coefficient (Wildman–Crippen LogP) is 3.02. The van der Waals surface area contributed by atoms with E-state index in [1.807, 2.05) is 18.5 Å². The number of nitrogens with one attached hydrogen (secondary N) is 1. The zero-order chi connectivity index (χ0) is 14.7. The van der Waals surface area contributed by atoms with Gasteiger partial charge in [0.15, 0.2) is 5.82 Å². The van der Waals surface area contributed by atoms with Gasteiger partial charge in [0.25, 0.3) is 0 Å². The van der Waals surface area contributed by atoms with Gasteiger partial charge in [-0.3, -0.25) is 4.98 Å². The van der Waals surface area contributed by atoms with Gasteiger partial charge in [0.05, 0.1) is 0 Å². The van der Waals surface area contributed by atoms with E-state index in [4.69, 9.17) is 4.98 Å². The summed E-state index contributed by atoms with van der Waals surface area (Å²) in [6.45, 7) is 4.28. The highest BCUT2D eigenvalue weighted by atomic mass is 79.9. The Morgan fingerprint density at radius 2 is 2.24 bits per heavy atom. The Balaban J connectivity index is 1.80. The van der Waals surface area contributed by atoms with Crippen LogP contribution in [0.2, 0.25) is 0 Å². The molecule has 5 heteroatoms. The first-order valence-corrected chi connectivity index (χ1v) is 8.22. The monoisotopic (exact) mass is 346 g/mol. The lowest BCUT2D eigenvalue weighted by Crippen LogP contribution is -2.27. The number of nitrogens with zero attached hydrogens (tertiary/aromatic N) is 3. The molecule has 2 aromatic rings. The Kier molecular flexibility index (Phi) is 4.60. The SMILES string of the molecule is CCNCC1CCc2nc(-c3cncc(Br)c3)ncc2C1. The first-order chi connectivity index (χ1) is 10.3. The summed E-state index contributed by atoms with van der Waals surface area (Å²) < 4.78 is 0.951. The number of hydrogen-bond donors (Lipinski definition) is 1. The molecule has 0 saturated carbocycles. The summed E-state index contributed by atoms with van der Waals surface area (Å²) in [4.78, 5) is 13.5. The predicted molar refractivity (Wildman–Crippen MR) is 87.0 cm³/mol. The van der Waals surface area contributed by atoms with Crippen molar-refractivity contribution < 1.29 is 0 Å². The van der Waals surface area contributed by atoms with Crippen LogP contribution in [-0.2, 0) is 12.8 Å². The molecule has 2 aromatic heterocycles. The van der Waals surface area contributed by atoms with Crippen molar-refractivity contribution in [2.24, 2.45) is 5.92 Å². The summed E-state index contributed by atoms with van der Waals surface area (Å²) in [7, 11) is 0. The van der Waals surface area contributed by atoms with Crippen LogP contribution in [0.15, 0.2) is 29.1 Å². The molecule has 0 bridgehead atoms. The molecular weight excluding hydrogens is 328 g/mol. The molecule has 0 saturated heterocycles. The quantitative estimate of drug-likeness (QED) is 0.924. The van der Waals surface area contributed by atoms with E-state index in [0.717, 1.165) is 41.8 Å². The van der Waals surface area contributed by atoms with E-state index < -0.39 is 0 Å². The minimum Gasteiger partial charge on any atom is -0.317 e. The van der Waals surface area contributed by atoms with Crippen LogP contribution < -0.4 is 5.32 Å². The minimum absolute atomic E-state index is 0.708. The van der Waals surface area contributed by atoms with Gasteiger partial charge in [-0.15, -0.1) is 0 Å². The largest absolute Gasteiger partial charge is 0.317 e. The molecule has 4 nitrogen and oxygen atoms in total. The van der Waals surface area contributed by atoms with Gasteiger partial charge in [-0.2, -0.15) is 0 Å². The molecule has 0 spiro atoms. The molecule has 0 fully saturated rings. The molecule has 2 heterocycles. The third-order valence-corrected chi connectivity index (χ3v) is 4.33. The Hall–Kier alpha value is -1.33. The third kappa shape index (κ3) is 3.47. The van der Waals surface area contributed by atoms with E-state index in [2.05, 4.69) is 38.1 Å². The molecule has 1 aliphatic carbocycles. The number of aryl methyl sites for hydroxylation is 1. The van der Waals surface area contributed by atoms with Crippen LogP contribution in [0.5, 0.6) is 0 Å². The second kappa shape index (κ2) is 6.62. The molecule has 110 valence electrons. The summed E-state index contributed by atoms with van der Waals surface area (Å²) in [6.07, 6.45) is 8.90. The molecule has 1 unspecified atom stereocenters. The van der Waals surface area contributed by atoms with Crippen LogP contribution in [-0.4, -0.2) is 28.0 Å². The zero-order valence-electron chi connectivity index (χ0n) is 12.1. The highest BCUT2D eigenvalue weighted by molar-refractivity contribution is 9.10. The number of aromatic nitrogens is 3. The van der Waals surface area contributed by atoms with Crippen molar-refractivity contribution >= 4 is 15.9 Å². The lowest BCUT2D eigenvalue weighted by molar-refractivity contribution is 0.425. The standard InChI is InChI=1S/C16H19BrN4/c1-2-18-7-11-3-4-15-12(5-11)9-20-16(21-15)13-6-14(17)10-19-8-13/h6,8-11,18H,2-5,7H2,1H3. The van der Waals surface area contributed by atoms with E-state index >= 15 is 0 Å². The Morgan fingerprint density at radius 1 is 1.33 bits per heavy atom. The average molecular weight is 347 g/mol. The van der Waals surface area contributed by atoms with Crippen LogP contribution in [0.3, 0.4) is 0 Å². The molecule has 0 amide bonds. The van der Waals surface area contributed by atoms with Crippen molar-refractivity contribution in [2.75, 3.05) is 13.1 Å². The van der Waals surface area contributed by atoms with Gasteiger partial charge in [-0.05, 0) is 65.8 Å². The van der Waals surface area contributed by atoms with Crippen LogP contribution >= 0.6 is 15.9 Å². The Labute approximate surface area is 133 Å². The average Bonchev–Trinajstić information content (AvgIpc) is 2.52. The van der Waals surface area contributed by atoms with Gasteiger partial charge in [-0.25, -0.2) is 9.97 Å². The Morgan fingerprint density at radius 3 is 3.05 bits per heavy atom. The van der Waals surface area contributed by atoms with E-state index in [1.54, 1.807) is 6.20 Å². The fraction of sp³-hybridized carbons (Fsp3) is 0.438. The number of pyridine rings is 1. The van der Waals surface area contributed by atoms with Gasteiger partial charge in [0.2, 0.25) is 0 Å². The second-order valence-electron chi connectivity index (χ2n) is 5.47. The van der Waals surface area contributed by atoms with E-state index in [1.165, 1.54) is 17.7 Å². The molecule has 0 aliphatic heterocycles. The first kappa shape index (κ1) is 14.6. The summed E-state index contributed by atoms with van der Waals surface area (Å²) in [6, 6.07) is 2.01. The first-order valence-electron chi connectivity index (χ1n) is 7.42. The van der Waals surface area contributed by atoms with Gasteiger partial charge in [0, 0.05) is 34.3 Å². The van der Waals surface area contributed by atoms with Crippen molar-refractivity contribution in [3.05, 3.63) is 40.4 Å². The molecule has 1 N–H and O–H groups in total. The highest BCUT2D eigenvalue weighted by Crippen LogP contribution is 2.26. The smallest absolute Gasteiger partial charge is 0.160 e. The van der Waals surface area contributed by atoms with Crippen LogP contribution in [0, 0.1) is 5.92 Å². The molecule has 0 radical (unpaired) electrons. The molecule has 21 heavy (non-hydrogen) atoms. The van der Waals surface area contributed by atoms with E-state index in [0.29, 0.717) is 5.92 Å². The van der Waals surface area contributed by atoms with Crippen LogP contribution in [0.25, 0.3) is 11.4 Å². The van der Waals surface area contributed by atoms with Crippen molar-refractivity contribution in [3.63, 3.8) is 0 Å². The number of halogens is 1. The second-order valence-corrected chi connectivity index (χ2v) is 6.39. The maximum absolute atomic E-state index is 4.75. The zero-order valence-corrected chi connectivity index (χ0v) is 13.7. The van der Waals surface area contributed by atoms with Crippen LogP contribution in [0.1, 0.15) is 24.6 Å². The fourth-order valence-electron chi connectivity index (χ4n) is 2.78. The maximum Gasteiger partial charge on any atom is 0.160 e. The van der Waals surface area contributed by atoms with Gasteiger partial charge in [-0.1, -0.05) is 6.92 Å². The molecule has 0 aromatic carbocycles.